The molecule has 0 unspecified atom stereocenters. The first-order valence-corrected chi connectivity index (χ1v) is 10.9. The van der Waals surface area contributed by atoms with Crippen molar-refractivity contribution in [3.05, 3.63) is 41.5 Å². The first-order chi connectivity index (χ1) is 14.1. The molecule has 1 aliphatic rings. The summed E-state index contributed by atoms with van der Waals surface area (Å²) in [7, 11) is -2.32. The van der Waals surface area contributed by atoms with Crippen molar-refractivity contribution < 1.29 is 27.5 Å². The number of hydrogen-bond donors (Lipinski definition) is 2. The van der Waals surface area contributed by atoms with Crippen molar-refractivity contribution in [2.75, 3.05) is 24.4 Å². The number of carbonyl (C=O) groups is 2. The van der Waals surface area contributed by atoms with E-state index >= 15 is 0 Å². The second-order valence-corrected chi connectivity index (χ2v) is 9.60. The summed E-state index contributed by atoms with van der Waals surface area (Å²) in [6, 6.07) is 8.31. The van der Waals surface area contributed by atoms with Crippen LogP contribution in [0.3, 0.4) is 0 Å². The van der Waals surface area contributed by atoms with E-state index in [1.54, 1.807) is 25.1 Å². The SMILES string of the molecule is COc1ccc(C)cc1NC(=O)C[C@H](C)S(=O)(=O)c1cc2c(cc1C)NC(=O)CO2. The van der Waals surface area contributed by atoms with Gasteiger partial charge in [0.25, 0.3) is 5.91 Å². The molecule has 2 aromatic carbocycles. The van der Waals surface area contributed by atoms with E-state index in [-0.39, 0.29) is 23.8 Å². The van der Waals surface area contributed by atoms with Crippen LogP contribution in [0.15, 0.2) is 35.2 Å². The Labute approximate surface area is 175 Å². The first kappa shape index (κ1) is 21.6. The molecule has 2 amide bonds. The maximum Gasteiger partial charge on any atom is 0.262 e. The zero-order chi connectivity index (χ0) is 22.1. The average Bonchev–Trinajstić information content (AvgIpc) is 2.67. The van der Waals surface area contributed by atoms with Gasteiger partial charge < -0.3 is 20.1 Å². The van der Waals surface area contributed by atoms with Gasteiger partial charge in [-0.15, -0.1) is 0 Å². The maximum absolute atomic E-state index is 13.1. The highest BCUT2D eigenvalue weighted by Gasteiger charge is 2.30. The molecule has 30 heavy (non-hydrogen) atoms. The summed E-state index contributed by atoms with van der Waals surface area (Å²) in [5, 5.41) is 4.41. The van der Waals surface area contributed by atoms with Crippen LogP contribution in [0.1, 0.15) is 24.5 Å². The number of nitrogens with one attached hydrogen (secondary N) is 2. The lowest BCUT2D eigenvalue weighted by molar-refractivity contribution is -0.118. The molecule has 0 aliphatic carbocycles. The third-order valence-electron chi connectivity index (χ3n) is 4.85. The van der Waals surface area contributed by atoms with E-state index in [0.29, 0.717) is 28.4 Å². The van der Waals surface area contributed by atoms with Gasteiger partial charge in [0.1, 0.15) is 11.5 Å². The van der Waals surface area contributed by atoms with Crippen molar-refractivity contribution in [2.45, 2.75) is 37.3 Å². The van der Waals surface area contributed by atoms with E-state index in [1.165, 1.54) is 20.1 Å². The van der Waals surface area contributed by atoms with E-state index in [1.807, 2.05) is 13.0 Å². The maximum atomic E-state index is 13.1. The van der Waals surface area contributed by atoms with Crippen LogP contribution >= 0.6 is 0 Å². The summed E-state index contributed by atoms with van der Waals surface area (Å²) in [4.78, 5) is 24.1. The summed E-state index contributed by atoms with van der Waals surface area (Å²) in [5.74, 6) is 0.0531. The second kappa shape index (κ2) is 8.35. The Balaban J connectivity index is 1.79. The van der Waals surface area contributed by atoms with Gasteiger partial charge in [-0.25, -0.2) is 8.42 Å². The van der Waals surface area contributed by atoms with Gasteiger partial charge in [0.15, 0.2) is 16.4 Å². The lowest BCUT2D eigenvalue weighted by Crippen LogP contribution is -2.27. The van der Waals surface area contributed by atoms with E-state index < -0.39 is 21.0 Å². The molecule has 1 heterocycles. The van der Waals surface area contributed by atoms with E-state index in [4.69, 9.17) is 9.47 Å². The third kappa shape index (κ3) is 4.40. The highest BCUT2D eigenvalue weighted by molar-refractivity contribution is 7.92. The van der Waals surface area contributed by atoms with Crippen molar-refractivity contribution in [1.29, 1.82) is 0 Å². The Kier molecular flexibility index (Phi) is 6.02. The van der Waals surface area contributed by atoms with E-state index in [0.717, 1.165) is 5.56 Å². The summed E-state index contributed by atoms with van der Waals surface area (Å²) >= 11 is 0. The number of anilines is 2. The van der Waals surface area contributed by atoms with Crippen molar-refractivity contribution >= 4 is 33.0 Å². The molecule has 2 N–H and O–H groups in total. The van der Waals surface area contributed by atoms with Gasteiger partial charge in [0, 0.05) is 12.5 Å². The summed E-state index contributed by atoms with van der Waals surface area (Å²) < 4.78 is 36.8. The number of amides is 2. The minimum Gasteiger partial charge on any atom is -0.495 e. The number of hydrogen-bond acceptors (Lipinski definition) is 6. The zero-order valence-electron chi connectivity index (χ0n) is 17.2. The predicted octanol–water partition coefficient (Wildman–Crippen LogP) is 2.83. The van der Waals surface area contributed by atoms with Crippen LogP contribution < -0.4 is 20.1 Å². The molecule has 2 aromatic rings. The van der Waals surface area contributed by atoms with Crippen molar-refractivity contribution in [3.8, 4) is 11.5 Å². The molecule has 3 rings (SSSR count). The molecule has 0 aromatic heterocycles. The number of benzene rings is 2. The molecule has 1 atom stereocenters. The molecule has 1 aliphatic heterocycles. The van der Waals surface area contributed by atoms with Crippen LogP contribution in [-0.2, 0) is 19.4 Å². The van der Waals surface area contributed by atoms with Gasteiger partial charge in [0.05, 0.1) is 28.6 Å². The molecule has 0 bridgehead atoms. The standard InChI is InChI=1S/C21H24N2O6S/c1-12-5-6-17(28-4)15(7-12)22-20(24)9-14(3)30(26,27)19-10-18-16(8-13(19)2)23-21(25)11-29-18/h5-8,10,14H,9,11H2,1-4H3,(H,22,24)(H,23,25)/t14-/m0/s1. The van der Waals surface area contributed by atoms with Gasteiger partial charge in [0.2, 0.25) is 5.91 Å². The highest BCUT2D eigenvalue weighted by Crippen LogP contribution is 2.34. The third-order valence-corrected chi connectivity index (χ3v) is 7.13. The molecule has 0 saturated carbocycles. The Morgan fingerprint density at radius 1 is 1.27 bits per heavy atom. The smallest absolute Gasteiger partial charge is 0.262 e. The number of rotatable bonds is 6. The Morgan fingerprint density at radius 2 is 2.00 bits per heavy atom. The van der Waals surface area contributed by atoms with E-state index in [2.05, 4.69) is 10.6 Å². The number of ether oxygens (including phenoxy) is 2. The molecule has 0 spiro atoms. The minimum atomic E-state index is -3.81. The van der Waals surface area contributed by atoms with Crippen LogP contribution in [0.2, 0.25) is 0 Å². The van der Waals surface area contributed by atoms with Gasteiger partial charge in [-0.2, -0.15) is 0 Å². The largest absolute Gasteiger partial charge is 0.495 e. The Morgan fingerprint density at radius 3 is 2.70 bits per heavy atom. The van der Waals surface area contributed by atoms with Crippen molar-refractivity contribution in [1.82, 2.24) is 0 Å². The number of carbonyl (C=O) groups excluding carboxylic acids is 2. The monoisotopic (exact) mass is 432 g/mol. The number of fused-ring (bicyclic) bond motifs is 1. The Hall–Kier alpha value is -3.07. The van der Waals surface area contributed by atoms with Crippen LogP contribution in [0, 0.1) is 13.8 Å². The normalized spacial score (nSPS) is 14.2. The molecule has 0 fully saturated rings. The molecule has 0 saturated heterocycles. The van der Waals surface area contributed by atoms with Crippen LogP contribution in [-0.4, -0.2) is 39.2 Å². The summed E-state index contributed by atoms with van der Waals surface area (Å²) in [6.07, 6.45) is -0.229. The fraction of sp³-hybridized carbons (Fsp3) is 0.333. The number of sulfone groups is 1. The van der Waals surface area contributed by atoms with Gasteiger partial charge in [-0.05, 0) is 50.1 Å². The van der Waals surface area contributed by atoms with Crippen molar-refractivity contribution in [2.24, 2.45) is 0 Å². The fourth-order valence-corrected chi connectivity index (χ4v) is 4.81. The first-order valence-electron chi connectivity index (χ1n) is 9.37. The van der Waals surface area contributed by atoms with Crippen LogP contribution in [0.5, 0.6) is 11.5 Å². The molecule has 9 heteroatoms. The van der Waals surface area contributed by atoms with Crippen LogP contribution in [0.4, 0.5) is 11.4 Å². The predicted molar refractivity (Wildman–Crippen MR) is 113 cm³/mol. The van der Waals surface area contributed by atoms with Crippen molar-refractivity contribution in [3.63, 3.8) is 0 Å². The molecule has 8 nitrogen and oxygen atoms in total. The lowest BCUT2D eigenvalue weighted by atomic mass is 10.2. The molecular weight excluding hydrogens is 408 g/mol. The lowest BCUT2D eigenvalue weighted by Gasteiger charge is -2.21. The molecular formula is C21H24N2O6S. The Bertz CT molecular complexity index is 1110. The molecule has 160 valence electrons. The highest BCUT2D eigenvalue weighted by atomic mass is 32.2. The average molecular weight is 432 g/mol. The summed E-state index contributed by atoms with van der Waals surface area (Å²) in [5.41, 5.74) is 2.32. The molecule has 0 radical (unpaired) electrons. The van der Waals surface area contributed by atoms with Gasteiger partial charge in [-0.3, -0.25) is 9.59 Å². The number of methoxy groups -OCH3 is 1. The van der Waals surface area contributed by atoms with E-state index in [9.17, 15) is 18.0 Å². The minimum absolute atomic E-state index is 0.0748. The quantitative estimate of drug-likeness (QED) is 0.726. The summed E-state index contributed by atoms with van der Waals surface area (Å²) in [6.45, 7) is 4.83. The van der Waals surface area contributed by atoms with Gasteiger partial charge >= 0.3 is 0 Å². The topological polar surface area (TPSA) is 111 Å². The number of aryl methyl sites for hydroxylation is 2. The fourth-order valence-electron chi connectivity index (χ4n) is 3.23. The second-order valence-electron chi connectivity index (χ2n) is 7.26. The van der Waals surface area contributed by atoms with Gasteiger partial charge in [-0.1, -0.05) is 6.07 Å². The zero-order valence-corrected chi connectivity index (χ0v) is 18.1. The van der Waals surface area contributed by atoms with Crippen LogP contribution in [0.25, 0.3) is 0 Å².